The Kier molecular flexibility index (Phi) is 4.22. The molecular formula is C16H22FN3O. The predicted octanol–water partition coefficient (Wildman–Crippen LogP) is 2.25. The number of nitrogens with two attached hydrogens (primary N) is 1. The third kappa shape index (κ3) is 3.24. The zero-order valence-corrected chi connectivity index (χ0v) is 12.1. The summed E-state index contributed by atoms with van der Waals surface area (Å²) in [4.78, 5) is 2.39. The van der Waals surface area contributed by atoms with Crippen LogP contribution in [0.25, 0.3) is 0 Å². The summed E-state index contributed by atoms with van der Waals surface area (Å²) in [6, 6.07) is 5.11. The van der Waals surface area contributed by atoms with Crippen molar-refractivity contribution in [2.45, 2.75) is 44.4 Å². The number of hydrogen-bond acceptors (Lipinski definition) is 3. The van der Waals surface area contributed by atoms with Gasteiger partial charge in [0.15, 0.2) is 0 Å². The molecule has 2 atom stereocenters. The maximum atomic E-state index is 13.7. The number of ether oxygens (including phenoxy) is 1. The summed E-state index contributed by atoms with van der Waals surface area (Å²) in [5, 5.41) is 7.47. The van der Waals surface area contributed by atoms with Gasteiger partial charge < -0.3 is 10.5 Å². The zero-order chi connectivity index (χ0) is 14.8. The van der Waals surface area contributed by atoms with Gasteiger partial charge in [0.05, 0.1) is 12.7 Å². The number of rotatable bonds is 3. The summed E-state index contributed by atoms with van der Waals surface area (Å²) in [5.41, 5.74) is 6.81. The summed E-state index contributed by atoms with van der Waals surface area (Å²) in [7, 11) is 0. The standard InChI is InChI=1S/C16H22FN3O/c17-13-8-11(7-12(9-13)16(18)19)10-20-5-6-21-15-4-2-1-3-14(15)20/h7-9,14-15H,1-6,10H2,(H3,18,19). The van der Waals surface area contributed by atoms with Crippen LogP contribution in [0.2, 0.25) is 0 Å². The van der Waals surface area contributed by atoms with Crippen LogP contribution in [-0.2, 0) is 11.3 Å². The van der Waals surface area contributed by atoms with E-state index in [1.807, 2.05) is 6.07 Å². The number of nitrogen functional groups attached to an aromatic ring is 1. The second kappa shape index (κ2) is 6.12. The van der Waals surface area contributed by atoms with Crippen molar-refractivity contribution in [2.24, 2.45) is 5.73 Å². The lowest BCUT2D eigenvalue weighted by molar-refractivity contribution is -0.0911. The predicted molar refractivity (Wildman–Crippen MR) is 79.8 cm³/mol. The van der Waals surface area contributed by atoms with Crippen LogP contribution in [0.3, 0.4) is 0 Å². The highest BCUT2D eigenvalue weighted by Gasteiger charge is 2.34. The van der Waals surface area contributed by atoms with E-state index in [-0.39, 0.29) is 11.7 Å². The highest BCUT2D eigenvalue weighted by molar-refractivity contribution is 5.95. The van der Waals surface area contributed by atoms with E-state index in [2.05, 4.69) is 4.90 Å². The Morgan fingerprint density at radius 2 is 2.14 bits per heavy atom. The van der Waals surface area contributed by atoms with Gasteiger partial charge in [-0.1, -0.05) is 12.8 Å². The molecule has 3 N–H and O–H groups in total. The highest BCUT2D eigenvalue weighted by atomic mass is 19.1. The fourth-order valence-electron chi connectivity index (χ4n) is 3.50. The van der Waals surface area contributed by atoms with Crippen molar-refractivity contribution < 1.29 is 9.13 Å². The largest absolute Gasteiger partial charge is 0.384 e. The molecule has 3 rings (SSSR count). The van der Waals surface area contributed by atoms with Crippen molar-refractivity contribution in [1.29, 1.82) is 5.41 Å². The first-order valence-corrected chi connectivity index (χ1v) is 7.63. The lowest BCUT2D eigenvalue weighted by Crippen LogP contribution is -2.52. The fraction of sp³-hybridized carbons (Fsp3) is 0.562. The molecule has 2 fully saturated rings. The lowest BCUT2D eigenvalue weighted by atomic mass is 9.90. The molecular weight excluding hydrogens is 269 g/mol. The highest BCUT2D eigenvalue weighted by Crippen LogP contribution is 2.29. The van der Waals surface area contributed by atoms with Crippen LogP contribution in [0.1, 0.15) is 36.8 Å². The molecule has 5 heteroatoms. The van der Waals surface area contributed by atoms with E-state index in [9.17, 15) is 4.39 Å². The van der Waals surface area contributed by atoms with Gasteiger partial charge in [-0.2, -0.15) is 0 Å². The van der Waals surface area contributed by atoms with E-state index in [0.717, 1.165) is 31.6 Å². The van der Waals surface area contributed by atoms with Crippen LogP contribution in [0, 0.1) is 11.2 Å². The van der Waals surface area contributed by atoms with E-state index in [4.69, 9.17) is 15.9 Å². The van der Waals surface area contributed by atoms with E-state index >= 15 is 0 Å². The van der Waals surface area contributed by atoms with Crippen LogP contribution in [0.4, 0.5) is 4.39 Å². The van der Waals surface area contributed by atoms with Crippen molar-refractivity contribution in [2.75, 3.05) is 13.2 Å². The van der Waals surface area contributed by atoms with Crippen molar-refractivity contribution in [3.05, 3.63) is 35.1 Å². The second-order valence-corrected chi connectivity index (χ2v) is 5.99. The first kappa shape index (κ1) is 14.5. The quantitative estimate of drug-likeness (QED) is 0.663. The maximum absolute atomic E-state index is 13.7. The summed E-state index contributed by atoms with van der Waals surface area (Å²) in [6.07, 6.45) is 5.09. The molecule has 1 saturated heterocycles. The van der Waals surface area contributed by atoms with Crippen molar-refractivity contribution in [3.8, 4) is 0 Å². The first-order valence-electron chi connectivity index (χ1n) is 7.63. The van der Waals surface area contributed by atoms with Gasteiger partial charge in [0.1, 0.15) is 11.7 Å². The molecule has 0 spiro atoms. The minimum Gasteiger partial charge on any atom is -0.384 e. The Bertz CT molecular complexity index is 532. The Morgan fingerprint density at radius 3 is 2.95 bits per heavy atom. The Labute approximate surface area is 124 Å². The molecule has 0 bridgehead atoms. The SMILES string of the molecule is N=C(N)c1cc(F)cc(CN2CCOC3CCCCC32)c1. The molecule has 1 saturated carbocycles. The zero-order valence-electron chi connectivity index (χ0n) is 12.1. The molecule has 0 radical (unpaired) electrons. The molecule has 114 valence electrons. The van der Waals surface area contributed by atoms with Gasteiger partial charge in [0, 0.05) is 24.7 Å². The van der Waals surface area contributed by atoms with Crippen LogP contribution in [0.15, 0.2) is 18.2 Å². The minimum atomic E-state index is -0.328. The average molecular weight is 291 g/mol. The molecule has 4 nitrogen and oxygen atoms in total. The number of morpholine rings is 1. The number of benzene rings is 1. The molecule has 2 unspecified atom stereocenters. The smallest absolute Gasteiger partial charge is 0.124 e. The molecule has 21 heavy (non-hydrogen) atoms. The molecule has 1 aromatic carbocycles. The summed E-state index contributed by atoms with van der Waals surface area (Å²) < 4.78 is 19.5. The number of hydrogen-bond donors (Lipinski definition) is 2. The number of nitrogens with one attached hydrogen (secondary N) is 1. The second-order valence-electron chi connectivity index (χ2n) is 5.99. The van der Waals surface area contributed by atoms with Crippen molar-refractivity contribution in [1.82, 2.24) is 4.90 Å². The minimum absolute atomic E-state index is 0.0896. The maximum Gasteiger partial charge on any atom is 0.124 e. The summed E-state index contributed by atoms with van der Waals surface area (Å²) in [6.45, 7) is 2.33. The van der Waals surface area contributed by atoms with Gasteiger partial charge in [-0.3, -0.25) is 10.3 Å². The number of halogens is 1. The first-order chi connectivity index (χ1) is 10.1. The van der Waals surface area contributed by atoms with Crippen LogP contribution in [0.5, 0.6) is 0 Å². The van der Waals surface area contributed by atoms with E-state index in [1.165, 1.54) is 18.9 Å². The van der Waals surface area contributed by atoms with E-state index < -0.39 is 0 Å². The monoisotopic (exact) mass is 291 g/mol. The van der Waals surface area contributed by atoms with E-state index in [1.54, 1.807) is 6.07 Å². The average Bonchev–Trinajstić information content (AvgIpc) is 2.47. The van der Waals surface area contributed by atoms with Crippen molar-refractivity contribution in [3.63, 3.8) is 0 Å². The summed E-state index contributed by atoms with van der Waals surface area (Å²) in [5.74, 6) is -0.417. The van der Waals surface area contributed by atoms with Gasteiger partial charge in [-0.15, -0.1) is 0 Å². The van der Waals surface area contributed by atoms with Crippen LogP contribution < -0.4 is 5.73 Å². The Hall–Kier alpha value is -1.46. The molecule has 1 aliphatic heterocycles. The van der Waals surface area contributed by atoms with Gasteiger partial charge in [-0.05, 0) is 36.6 Å². The fourth-order valence-corrected chi connectivity index (χ4v) is 3.50. The molecule has 2 aliphatic rings. The molecule has 0 aromatic heterocycles. The van der Waals surface area contributed by atoms with E-state index in [0.29, 0.717) is 24.3 Å². The molecule has 0 amide bonds. The van der Waals surface area contributed by atoms with Gasteiger partial charge >= 0.3 is 0 Å². The Balaban J connectivity index is 1.77. The molecule has 1 aliphatic carbocycles. The number of fused-ring (bicyclic) bond motifs is 1. The van der Waals surface area contributed by atoms with Crippen molar-refractivity contribution >= 4 is 5.84 Å². The number of nitrogens with zero attached hydrogens (tertiary/aromatic N) is 1. The van der Waals surface area contributed by atoms with Gasteiger partial charge in [-0.25, -0.2) is 4.39 Å². The van der Waals surface area contributed by atoms with Crippen LogP contribution >= 0.6 is 0 Å². The topological polar surface area (TPSA) is 62.3 Å². The number of amidine groups is 1. The van der Waals surface area contributed by atoms with Crippen LogP contribution in [-0.4, -0.2) is 36.0 Å². The normalized spacial score (nSPS) is 26.3. The Morgan fingerprint density at radius 1 is 1.33 bits per heavy atom. The summed E-state index contributed by atoms with van der Waals surface area (Å²) >= 11 is 0. The van der Waals surface area contributed by atoms with Gasteiger partial charge in [0.25, 0.3) is 0 Å². The lowest BCUT2D eigenvalue weighted by Gasteiger charge is -2.43. The molecule has 1 aromatic rings. The molecule has 1 heterocycles. The third-order valence-corrected chi connectivity index (χ3v) is 4.50. The van der Waals surface area contributed by atoms with Gasteiger partial charge in [0.2, 0.25) is 0 Å². The third-order valence-electron chi connectivity index (χ3n) is 4.50.